The molecule has 1 N–H and O–H groups in total. The fourth-order valence-corrected chi connectivity index (χ4v) is 4.61. The number of benzene rings is 2. The smallest absolute Gasteiger partial charge is 0.262 e. The largest absolute Gasteiger partial charge is 0.486 e. The summed E-state index contributed by atoms with van der Waals surface area (Å²) >= 11 is 1.47. The lowest BCUT2D eigenvalue weighted by Gasteiger charge is -2.18. The molecule has 32 heavy (non-hydrogen) atoms. The van der Waals surface area contributed by atoms with Crippen molar-refractivity contribution in [3.8, 4) is 21.9 Å². The third-order valence-electron chi connectivity index (χ3n) is 5.23. The van der Waals surface area contributed by atoms with E-state index in [1.807, 2.05) is 54.6 Å². The second kappa shape index (κ2) is 8.84. The molecule has 0 saturated heterocycles. The lowest BCUT2D eigenvalue weighted by Crippen LogP contribution is -2.33. The van der Waals surface area contributed by atoms with Crippen molar-refractivity contribution in [1.82, 2.24) is 14.9 Å². The molecule has 8 heteroatoms. The molecule has 2 aromatic heterocycles. The van der Waals surface area contributed by atoms with Crippen LogP contribution in [0.3, 0.4) is 0 Å². The number of fused-ring (bicyclic) bond motifs is 2. The van der Waals surface area contributed by atoms with Crippen LogP contribution in [-0.2, 0) is 17.8 Å². The van der Waals surface area contributed by atoms with Crippen LogP contribution in [0.5, 0.6) is 11.5 Å². The summed E-state index contributed by atoms with van der Waals surface area (Å²) in [6.45, 7) is 1.48. The molecular formula is C24H21N3O4S. The number of carbonyl (C=O) groups excluding carboxylic acids is 1. The van der Waals surface area contributed by atoms with E-state index in [9.17, 15) is 9.59 Å². The van der Waals surface area contributed by atoms with Gasteiger partial charge in [-0.15, -0.1) is 11.3 Å². The second-order valence-electron chi connectivity index (χ2n) is 7.45. The molecule has 4 aromatic rings. The van der Waals surface area contributed by atoms with Crippen LogP contribution in [0.4, 0.5) is 0 Å². The highest BCUT2D eigenvalue weighted by molar-refractivity contribution is 7.21. The summed E-state index contributed by atoms with van der Waals surface area (Å²) < 4.78 is 12.5. The topological polar surface area (TPSA) is 82.5 Å². The van der Waals surface area contributed by atoms with Crippen LogP contribution in [0.25, 0.3) is 20.7 Å². The van der Waals surface area contributed by atoms with Gasteiger partial charge in [0.25, 0.3) is 5.56 Å². The van der Waals surface area contributed by atoms with Gasteiger partial charge in [-0.3, -0.25) is 14.2 Å². The quantitative estimate of drug-likeness (QED) is 0.491. The maximum atomic E-state index is 12.9. The van der Waals surface area contributed by atoms with Crippen LogP contribution in [0.1, 0.15) is 5.56 Å². The van der Waals surface area contributed by atoms with Gasteiger partial charge < -0.3 is 14.8 Å². The number of amides is 1. The van der Waals surface area contributed by atoms with Gasteiger partial charge in [-0.2, -0.15) is 0 Å². The van der Waals surface area contributed by atoms with E-state index in [1.165, 1.54) is 22.2 Å². The Morgan fingerprint density at radius 2 is 1.88 bits per heavy atom. The Hall–Kier alpha value is -3.65. The Labute approximate surface area is 188 Å². The molecule has 1 aliphatic rings. The number of ether oxygens (including phenoxy) is 2. The summed E-state index contributed by atoms with van der Waals surface area (Å²) in [5.74, 6) is 1.25. The molecule has 162 valence electrons. The van der Waals surface area contributed by atoms with Gasteiger partial charge in [-0.1, -0.05) is 36.4 Å². The zero-order valence-corrected chi connectivity index (χ0v) is 18.1. The molecule has 0 bridgehead atoms. The summed E-state index contributed by atoms with van der Waals surface area (Å²) in [5, 5.41) is 3.40. The fourth-order valence-electron chi connectivity index (χ4n) is 3.62. The molecule has 1 amide bonds. The zero-order valence-electron chi connectivity index (χ0n) is 17.2. The van der Waals surface area contributed by atoms with E-state index in [0.29, 0.717) is 36.4 Å². The molecule has 0 atom stereocenters. The zero-order chi connectivity index (χ0) is 21.9. The third kappa shape index (κ3) is 4.22. The number of thiophene rings is 1. The second-order valence-corrected chi connectivity index (χ2v) is 8.48. The van der Waals surface area contributed by atoms with Crippen LogP contribution in [0, 0.1) is 0 Å². The van der Waals surface area contributed by atoms with Gasteiger partial charge in [0, 0.05) is 11.4 Å². The summed E-state index contributed by atoms with van der Waals surface area (Å²) in [4.78, 5) is 31.3. The maximum Gasteiger partial charge on any atom is 0.262 e. The summed E-state index contributed by atoms with van der Waals surface area (Å²) in [6.07, 6.45) is 2.09. The van der Waals surface area contributed by atoms with Crippen molar-refractivity contribution in [2.24, 2.45) is 0 Å². The van der Waals surface area contributed by atoms with Crippen molar-refractivity contribution in [3.05, 3.63) is 76.8 Å². The maximum absolute atomic E-state index is 12.9. The first-order valence-electron chi connectivity index (χ1n) is 10.4. The third-order valence-corrected chi connectivity index (χ3v) is 6.32. The number of aromatic nitrogens is 2. The molecule has 0 aliphatic carbocycles. The number of nitrogens with one attached hydrogen (secondary N) is 1. The normalized spacial score (nSPS) is 12.6. The van der Waals surface area contributed by atoms with E-state index in [0.717, 1.165) is 27.5 Å². The predicted octanol–water partition coefficient (Wildman–Crippen LogP) is 3.26. The minimum atomic E-state index is -0.232. The Bertz CT molecular complexity index is 1330. The van der Waals surface area contributed by atoms with Crippen molar-refractivity contribution >= 4 is 27.5 Å². The Morgan fingerprint density at radius 3 is 2.72 bits per heavy atom. The summed E-state index contributed by atoms with van der Waals surface area (Å²) in [7, 11) is 0. The number of hydrogen-bond donors (Lipinski definition) is 1. The van der Waals surface area contributed by atoms with E-state index in [-0.39, 0.29) is 18.0 Å². The average Bonchev–Trinajstić information content (AvgIpc) is 3.27. The first kappa shape index (κ1) is 20.3. The fraction of sp³-hybridized carbons (Fsp3) is 0.208. The van der Waals surface area contributed by atoms with Crippen molar-refractivity contribution in [2.75, 3.05) is 19.8 Å². The minimum absolute atomic E-state index is 0.0700. The first-order valence-corrected chi connectivity index (χ1v) is 11.2. The molecule has 7 nitrogen and oxygen atoms in total. The molecule has 0 unspecified atom stereocenters. The van der Waals surface area contributed by atoms with E-state index >= 15 is 0 Å². The van der Waals surface area contributed by atoms with Crippen LogP contribution in [0.15, 0.2) is 65.7 Å². The highest BCUT2D eigenvalue weighted by Gasteiger charge is 2.13. The van der Waals surface area contributed by atoms with Gasteiger partial charge in [-0.25, -0.2) is 4.98 Å². The monoisotopic (exact) mass is 447 g/mol. The Kier molecular flexibility index (Phi) is 5.60. The van der Waals surface area contributed by atoms with Crippen molar-refractivity contribution in [2.45, 2.75) is 13.0 Å². The van der Waals surface area contributed by atoms with Gasteiger partial charge >= 0.3 is 0 Å². The van der Waals surface area contributed by atoms with Gasteiger partial charge in [-0.05, 0) is 35.7 Å². The average molecular weight is 448 g/mol. The lowest BCUT2D eigenvalue weighted by molar-refractivity contribution is -0.121. The number of rotatable bonds is 6. The number of hydrogen-bond acceptors (Lipinski definition) is 6. The van der Waals surface area contributed by atoms with Crippen LogP contribution in [0.2, 0.25) is 0 Å². The van der Waals surface area contributed by atoms with Gasteiger partial charge in [0.15, 0.2) is 11.5 Å². The van der Waals surface area contributed by atoms with Gasteiger partial charge in [0.2, 0.25) is 5.91 Å². The van der Waals surface area contributed by atoms with E-state index in [1.54, 1.807) is 0 Å². The standard InChI is InChI=1S/C24H21N3O4S/c28-22(25-9-8-16-6-7-19-20(12-16)31-11-10-30-19)14-27-15-26-23-18(24(27)29)13-21(32-23)17-4-2-1-3-5-17/h1-7,12-13,15H,8-11,14H2,(H,25,28). The van der Waals surface area contributed by atoms with Gasteiger partial charge in [0.1, 0.15) is 24.6 Å². The van der Waals surface area contributed by atoms with E-state index in [4.69, 9.17) is 9.47 Å². The highest BCUT2D eigenvalue weighted by Crippen LogP contribution is 2.31. The summed E-state index contributed by atoms with van der Waals surface area (Å²) in [5.41, 5.74) is 1.87. The molecular weight excluding hydrogens is 426 g/mol. The molecule has 0 fully saturated rings. The molecule has 0 spiro atoms. The van der Waals surface area contributed by atoms with Crippen molar-refractivity contribution in [3.63, 3.8) is 0 Å². The summed E-state index contributed by atoms with van der Waals surface area (Å²) in [6, 6.07) is 17.5. The first-order chi connectivity index (χ1) is 15.7. The van der Waals surface area contributed by atoms with Gasteiger partial charge in [0.05, 0.1) is 11.7 Å². The lowest BCUT2D eigenvalue weighted by atomic mass is 10.1. The predicted molar refractivity (Wildman–Crippen MR) is 123 cm³/mol. The van der Waals surface area contributed by atoms with Crippen LogP contribution in [-0.4, -0.2) is 35.2 Å². The number of nitrogens with zero attached hydrogens (tertiary/aromatic N) is 2. The molecule has 1 aliphatic heterocycles. The SMILES string of the molecule is O=C(Cn1cnc2sc(-c3ccccc3)cc2c1=O)NCCc1ccc2c(c1)OCCO2. The van der Waals surface area contributed by atoms with Crippen molar-refractivity contribution < 1.29 is 14.3 Å². The molecule has 5 rings (SSSR count). The molecule has 2 aromatic carbocycles. The minimum Gasteiger partial charge on any atom is -0.486 e. The molecule has 3 heterocycles. The Balaban J connectivity index is 1.23. The Morgan fingerprint density at radius 1 is 1.06 bits per heavy atom. The highest BCUT2D eigenvalue weighted by atomic mass is 32.1. The molecule has 0 radical (unpaired) electrons. The number of carbonyl (C=O) groups is 1. The van der Waals surface area contributed by atoms with E-state index < -0.39 is 0 Å². The van der Waals surface area contributed by atoms with E-state index in [2.05, 4.69) is 10.3 Å². The van der Waals surface area contributed by atoms with Crippen LogP contribution >= 0.6 is 11.3 Å². The van der Waals surface area contributed by atoms with Crippen LogP contribution < -0.4 is 20.3 Å². The molecule has 0 saturated carbocycles. The van der Waals surface area contributed by atoms with Crippen molar-refractivity contribution in [1.29, 1.82) is 0 Å².